The van der Waals surface area contributed by atoms with E-state index in [0.717, 1.165) is 0 Å². The number of ether oxygens (including phenoxy) is 1. The molecule has 0 saturated heterocycles. The van der Waals surface area contributed by atoms with Crippen molar-refractivity contribution in [3.05, 3.63) is 41.3 Å². The highest BCUT2D eigenvalue weighted by Gasteiger charge is 2.04. The first-order valence-electron chi connectivity index (χ1n) is 5.89. The van der Waals surface area contributed by atoms with Crippen molar-refractivity contribution in [1.82, 2.24) is 9.97 Å². The molecule has 3 N–H and O–H groups in total. The molecule has 0 saturated carbocycles. The maximum atomic E-state index is 11.7. The van der Waals surface area contributed by atoms with Gasteiger partial charge in [0.05, 0.1) is 25.4 Å². The van der Waals surface area contributed by atoms with Crippen LogP contribution in [0.4, 0.5) is 11.5 Å². The largest absolute Gasteiger partial charge is 0.493 e. The van der Waals surface area contributed by atoms with Crippen molar-refractivity contribution >= 4 is 33.3 Å². The molecule has 0 atom stereocenters. The molecule has 0 aliphatic carbocycles. The number of hydrogen-bond donors (Lipinski definition) is 2. The fourth-order valence-electron chi connectivity index (χ4n) is 1.45. The van der Waals surface area contributed by atoms with Gasteiger partial charge in [0, 0.05) is 11.8 Å². The molecule has 1 aromatic carbocycles. The van der Waals surface area contributed by atoms with E-state index < -0.39 is 0 Å². The van der Waals surface area contributed by atoms with Crippen LogP contribution >= 0.6 is 15.9 Å². The predicted octanol–water partition coefficient (Wildman–Crippen LogP) is 2.23. The van der Waals surface area contributed by atoms with E-state index in [1.807, 2.05) is 0 Å². The molecule has 0 aliphatic rings. The lowest BCUT2D eigenvalue weighted by molar-refractivity contribution is -0.116. The summed E-state index contributed by atoms with van der Waals surface area (Å²) in [5.74, 6) is 0.855. The molecule has 1 amide bonds. The molecule has 0 spiro atoms. The van der Waals surface area contributed by atoms with Crippen LogP contribution in [0, 0.1) is 0 Å². The van der Waals surface area contributed by atoms with Crippen LogP contribution in [-0.4, -0.2) is 22.5 Å². The monoisotopic (exact) mass is 336 g/mol. The summed E-state index contributed by atoms with van der Waals surface area (Å²) in [6, 6.07) is 7.06. The normalized spacial score (nSPS) is 10.1. The minimum absolute atomic E-state index is 0.189. The lowest BCUT2D eigenvalue weighted by Gasteiger charge is -2.07. The number of hydrogen-bond acceptors (Lipinski definition) is 5. The molecule has 6 nitrogen and oxygen atoms in total. The Labute approximate surface area is 124 Å². The number of carbonyl (C=O) groups excluding carboxylic acids is 1. The smallest absolute Gasteiger partial charge is 0.228 e. The predicted molar refractivity (Wildman–Crippen MR) is 79.3 cm³/mol. The average Bonchev–Trinajstić information content (AvgIpc) is 2.41. The lowest BCUT2D eigenvalue weighted by atomic mass is 10.3. The van der Waals surface area contributed by atoms with Gasteiger partial charge in [0.2, 0.25) is 5.91 Å². The minimum Gasteiger partial charge on any atom is -0.493 e. The SMILES string of the molecule is Nc1cccc(OCCC(=O)Nc2cnc(Br)cn2)c1. The maximum absolute atomic E-state index is 11.7. The first-order valence-corrected chi connectivity index (χ1v) is 6.68. The summed E-state index contributed by atoms with van der Waals surface area (Å²) in [4.78, 5) is 19.6. The fraction of sp³-hybridized carbons (Fsp3) is 0.154. The molecule has 2 rings (SSSR count). The number of anilines is 2. The molecule has 0 bridgehead atoms. The molecule has 20 heavy (non-hydrogen) atoms. The van der Waals surface area contributed by atoms with Crippen molar-refractivity contribution < 1.29 is 9.53 Å². The van der Waals surface area contributed by atoms with E-state index in [4.69, 9.17) is 10.5 Å². The molecule has 0 radical (unpaired) electrons. The van der Waals surface area contributed by atoms with Crippen LogP contribution < -0.4 is 15.8 Å². The Bertz CT molecular complexity index is 589. The van der Waals surface area contributed by atoms with Crippen molar-refractivity contribution in [2.24, 2.45) is 0 Å². The van der Waals surface area contributed by atoms with Gasteiger partial charge in [-0.25, -0.2) is 9.97 Å². The number of nitrogen functional groups attached to an aromatic ring is 1. The van der Waals surface area contributed by atoms with Gasteiger partial charge in [0.1, 0.15) is 10.4 Å². The summed E-state index contributed by atoms with van der Waals surface area (Å²) in [5.41, 5.74) is 6.25. The van der Waals surface area contributed by atoms with Crippen LogP contribution in [-0.2, 0) is 4.79 Å². The number of aromatic nitrogens is 2. The van der Waals surface area contributed by atoms with Gasteiger partial charge in [0.15, 0.2) is 5.82 Å². The van der Waals surface area contributed by atoms with Gasteiger partial charge < -0.3 is 15.8 Å². The number of carbonyl (C=O) groups is 1. The summed E-state index contributed by atoms with van der Waals surface area (Å²) in [7, 11) is 0. The van der Waals surface area contributed by atoms with Crippen molar-refractivity contribution in [3.8, 4) is 5.75 Å². The first-order chi connectivity index (χ1) is 9.63. The third kappa shape index (κ3) is 4.51. The lowest BCUT2D eigenvalue weighted by Crippen LogP contribution is -2.16. The van der Waals surface area contributed by atoms with Gasteiger partial charge in [-0.15, -0.1) is 0 Å². The van der Waals surface area contributed by atoms with E-state index in [9.17, 15) is 4.79 Å². The number of halogens is 1. The molecule has 7 heteroatoms. The van der Waals surface area contributed by atoms with E-state index in [2.05, 4.69) is 31.2 Å². The van der Waals surface area contributed by atoms with E-state index in [-0.39, 0.29) is 18.9 Å². The Kier molecular flexibility index (Phi) is 4.89. The van der Waals surface area contributed by atoms with Crippen LogP contribution in [0.3, 0.4) is 0 Å². The summed E-state index contributed by atoms with van der Waals surface area (Å²) in [5, 5.41) is 2.63. The number of benzene rings is 1. The van der Waals surface area contributed by atoms with Crippen molar-refractivity contribution in [1.29, 1.82) is 0 Å². The molecule has 0 aliphatic heterocycles. The van der Waals surface area contributed by atoms with Crippen LogP contribution in [0.25, 0.3) is 0 Å². The summed E-state index contributed by atoms with van der Waals surface area (Å²) >= 11 is 3.17. The molecule has 2 aromatic rings. The molecule has 1 aromatic heterocycles. The average molecular weight is 337 g/mol. The van der Waals surface area contributed by atoms with Crippen LogP contribution in [0.1, 0.15) is 6.42 Å². The van der Waals surface area contributed by atoms with Gasteiger partial charge in [-0.05, 0) is 28.1 Å². The maximum Gasteiger partial charge on any atom is 0.228 e. The first kappa shape index (κ1) is 14.3. The Morgan fingerprint density at radius 3 is 2.90 bits per heavy atom. The van der Waals surface area contributed by atoms with Gasteiger partial charge >= 0.3 is 0 Å². The highest BCUT2D eigenvalue weighted by Crippen LogP contribution is 2.14. The van der Waals surface area contributed by atoms with Gasteiger partial charge in [-0.1, -0.05) is 6.07 Å². The second-order valence-electron chi connectivity index (χ2n) is 3.94. The van der Waals surface area contributed by atoms with Crippen molar-refractivity contribution in [2.45, 2.75) is 6.42 Å². The second kappa shape index (κ2) is 6.85. The molecule has 0 unspecified atom stereocenters. The zero-order valence-electron chi connectivity index (χ0n) is 10.5. The second-order valence-corrected chi connectivity index (χ2v) is 4.76. The van der Waals surface area contributed by atoms with E-state index in [1.54, 1.807) is 24.3 Å². The number of nitrogens with two attached hydrogens (primary N) is 1. The highest BCUT2D eigenvalue weighted by molar-refractivity contribution is 9.10. The number of nitrogens with zero attached hydrogens (tertiary/aromatic N) is 2. The van der Waals surface area contributed by atoms with Gasteiger partial charge in [0.25, 0.3) is 0 Å². The third-order valence-corrected chi connectivity index (χ3v) is 2.75. The minimum atomic E-state index is -0.189. The van der Waals surface area contributed by atoms with Crippen LogP contribution in [0.2, 0.25) is 0 Å². The van der Waals surface area contributed by atoms with E-state index in [1.165, 1.54) is 12.4 Å². The molecular weight excluding hydrogens is 324 g/mol. The van der Waals surface area contributed by atoms with Crippen LogP contribution in [0.5, 0.6) is 5.75 Å². The van der Waals surface area contributed by atoms with Crippen LogP contribution in [0.15, 0.2) is 41.3 Å². The number of rotatable bonds is 5. The zero-order valence-corrected chi connectivity index (χ0v) is 12.1. The van der Waals surface area contributed by atoms with E-state index >= 15 is 0 Å². The van der Waals surface area contributed by atoms with E-state index in [0.29, 0.717) is 21.9 Å². The van der Waals surface area contributed by atoms with Gasteiger partial charge in [-0.2, -0.15) is 0 Å². The molecule has 1 heterocycles. The number of nitrogens with one attached hydrogen (secondary N) is 1. The topological polar surface area (TPSA) is 90.1 Å². The standard InChI is InChI=1S/C13H13BrN4O2/c14-11-7-17-12(8-16-11)18-13(19)4-5-20-10-3-1-2-9(15)6-10/h1-3,6-8H,4-5,15H2,(H,17,18,19). The molecule has 0 fully saturated rings. The Morgan fingerprint density at radius 1 is 1.35 bits per heavy atom. The highest BCUT2D eigenvalue weighted by atomic mass is 79.9. The molecule has 104 valence electrons. The van der Waals surface area contributed by atoms with Crippen molar-refractivity contribution in [3.63, 3.8) is 0 Å². The number of amides is 1. The Balaban J connectivity index is 1.76. The Morgan fingerprint density at radius 2 is 2.20 bits per heavy atom. The Hall–Kier alpha value is -2.15. The third-order valence-electron chi connectivity index (χ3n) is 2.34. The summed E-state index contributed by atoms with van der Waals surface area (Å²) in [6.45, 7) is 0.263. The summed E-state index contributed by atoms with van der Waals surface area (Å²) < 4.78 is 6.04. The zero-order chi connectivity index (χ0) is 14.4. The molecular formula is C13H13BrN4O2. The van der Waals surface area contributed by atoms with Gasteiger partial charge in [-0.3, -0.25) is 4.79 Å². The van der Waals surface area contributed by atoms with Crippen molar-refractivity contribution in [2.75, 3.05) is 17.7 Å². The summed E-state index contributed by atoms with van der Waals surface area (Å²) in [6.07, 6.45) is 3.20. The fourth-order valence-corrected chi connectivity index (χ4v) is 1.65. The quantitative estimate of drug-likeness (QED) is 0.817.